The molecule has 2 fully saturated rings. The Bertz CT molecular complexity index is 3280. The predicted octanol–water partition coefficient (Wildman–Crippen LogP) is 3.89. The van der Waals surface area contributed by atoms with Crippen molar-refractivity contribution >= 4 is 37.4 Å². The van der Waals surface area contributed by atoms with E-state index in [0.29, 0.717) is 135 Å². The first-order valence-electron chi connectivity index (χ1n) is 25.5. The van der Waals surface area contributed by atoms with Gasteiger partial charge in [0.05, 0.1) is 39.8 Å². The van der Waals surface area contributed by atoms with Crippen molar-refractivity contribution < 1.29 is 41.3 Å². The zero-order valence-electron chi connectivity index (χ0n) is 43.2. The number of H-pyrrole nitrogens is 2. The average Bonchev–Trinajstić information content (AvgIpc) is 3.86. The number of piperazine rings is 2. The molecular formula is C51H70N10O11S2. The van der Waals surface area contributed by atoms with Crippen LogP contribution in [0.5, 0.6) is 11.5 Å². The second kappa shape index (κ2) is 24.7. The van der Waals surface area contributed by atoms with Gasteiger partial charge in [0.25, 0.3) is 11.1 Å². The minimum atomic E-state index is -3.82. The lowest BCUT2D eigenvalue weighted by atomic mass is 10.1. The summed E-state index contributed by atoms with van der Waals surface area (Å²) in [6.07, 6.45) is 5.04. The van der Waals surface area contributed by atoms with Crippen molar-refractivity contribution in [3.8, 4) is 34.3 Å². The van der Waals surface area contributed by atoms with E-state index < -0.39 is 25.6 Å². The minimum Gasteiger partial charge on any atom is -0.493 e. The summed E-state index contributed by atoms with van der Waals surface area (Å²) in [6.45, 7) is 17.6. The highest BCUT2D eigenvalue weighted by atomic mass is 32.2. The van der Waals surface area contributed by atoms with Gasteiger partial charge in [-0.3, -0.25) is 14.4 Å². The maximum absolute atomic E-state index is 13.6. The first-order chi connectivity index (χ1) is 35.6. The molecule has 4 aromatic heterocycles. The van der Waals surface area contributed by atoms with E-state index in [1.165, 1.54) is 25.3 Å². The number of carbonyl (C=O) groups excluding carboxylic acids is 1. The van der Waals surface area contributed by atoms with E-state index in [1.54, 1.807) is 35.7 Å². The van der Waals surface area contributed by atoms with Gasteiger partial charge < -0.3 is 39.5 Å². The van der Waals surface area contributed by atoms with Crippen LogP contribution in [0.4, 0.5) is 0 Å². The van der Waals surface area contributed by atoms with Crippen molar-refractivity contribution in [3.05, 3.63) is 91.3 Å². The number of hydrogen-bond donors (Lipinski definition) is 4. The summed E-state index contributed by atoms with van der Waals surface area (Å²) >= 11 is 0. The van der Waals surface area contributed by atoms with Gasteiger partial charge in [0, 0.05) is 89.9 Å². The molecule has 0 amide bonds. The van der Waals surface area contributed by atoms with Gasteiger partial charge in [-0.05, 0) is 107 Å². The maximum atomic E-state index is 13.6. The molecule has 0 radical (unpaired) electrons. The van der Waals surface area contributed by atoms with Crippen LogP contribution in [0.25, 0.3) is 33.8 Å². The Morgan fingerprint density at radius 1 is 0.635 bits per heavy atom. The van der Waals surface area contributed by atoms with Crippen molar-refractivity contribution in [2.75, 3.05) is 91.9 Å². The summed E-state index contributed by atoms with van der Waals surface area (Å²) in [6, 6.07) is 11.2. The Hall–Kier alpha value is -5.79. The van der Waals surface area contributed by atoms with E-state index in [-0.39, 0.29) is 40.2 Å². The van der Waals surface area contributed by atoms with Gasteiger partial charge in [-0.25, -0.2) is 25.9 Å². The van der Waals surface area contributed by atoms with Crippen LogP contribution in [0, 0.1) is 13.8 Å². The van der Waals surface area contributed by atoms with E-state index in [9.17, 15) is 31.2 Å². The lowest BCUT2D eigenvalue weighted by Gasteiger charge is -2.33. The molecule has 2 aromatic carbocycles. The van der Waals surface area contributed by atoms with Gasteiger partial charge in [-0.15, -0.1) is 10.2 Å². The maximum Gasteiger partial charge on any atom is 0.275 e. The third-order valence-corrected chi connectivity index (χ3v) is 17.2. The van der Waals surface area contributed by atoms with E-state index in [0.717, 1.165) is 49.9 Å². The van der Waals surface area contributed by atoms with Gasteiger partial charge >= 0.3 is 0 Å². The number of aliphatic hydroxyl groups excluding tert-OH is 2. The van der Waals surface area contributed by atoms with Crippen molar-refractivity contribution in [3.63, 3.8) is 0 Å². The van der Waals surface area contributed by atoms with Crippen molar-refractivity contribution in [1.29, 1.82) is 0 Å². The third kappa shape index (κ3) is 11.8. The number of aliphatic hydroxyl groups is 2. The third-order valence-electron chi connectivity index (χ3n) is 13.4. The monoisotopic (exact) mass is 1060 g/mol. The molecule has 0 bridgehead atoms. The molecule has 0 spiro atoms. The predicted molar refractivity (Wildman–Crippen MR) is 281 cm³/mol. The summed E-state index contributed by atoms with van der Waals surface area (Å²) in [5.41, 5.74) is 4.26. The van der Waals surface area contributed by atoms with Crippen LogP contribution in [0.1, 0.15) is 86.3 Å². The Morgan fingerprint density at radius 2 is 1.09 bits per heavy atom. The van der Waals surface area contributed by atoms with Crippen molar-refractivity contribution in [2.45, 2.75) is 89.9 Å². The molecule has 0 atom stereocenters. The molecular weight excluding hydrogens is 993 g/mol. The summed E-state index contributed by atoms with van der Waals surface area (Å²) < 4.78 is 71.8. The number of nitrogens with zero attached hydrogens (tertiary/aromatic N) is 8. The molecule has 21 nitrogen and oxygen atoms in total. The van der Waals surface area contributed by atoms with Crippen LogP contribution in [0.15, 0.2) is 61.8 Å². The molecule has 2 aliphatic rings. The number of benzene rings is 2. The SMILES string of the molecule is CCCc1c(C=O)c(C)c2c(=O)[nH]c(-c3cc(S(=O)(=O)N4CCN(CCCO)CC4)ccc3OCC)nn12.CCCc1cc(C)c2c(=O)[nH]c(-c3cc(S(=O)(=O)N4CCN(CCCO)CC4)ccc3OCC)nn12. The number of aromatic nitrogens is 6. The number of nitrogens with one attached hydrogen (secondary N) is 2. The van der Waals surface area contributed by atoms with Gasteiger partial charge in [0.1, 0.15) is 22.5 Å². The van der Waals surface area contributed by atoms with Crippen LogP contribution in [-0.4, -0.2) is 173 Å². The molecule has 0 unspecified atom stereocenters. The van der Waals surface area contributed by atoms with Crippen molar-refractivity contribution in [1.82, 2.24) is 47.6 Å². The number of aldehydes is 1. The van der Waals surface area contributed by atoms with E-state index in [1.807, 2.05) is 33.8 Å². The van der Waals surface area contributed by atoms with Gasteiger partial charge in [0.15, 0.2) is 17.9 Å². The molecule has 6 heterocycles. The van der Waals surface area contributed by atoms with Gasteiger partial charge in [0.2, 0.25) is 20.0 Å². The average molecular weight is 1060 g/mol. The van der Waals surface area contributed by atoms with E-state index in [2.05, 4.69) is 31.8 Å². The summed E-state index contributed by atoms with van der Waals surface area (Å²) in [5.74, 6) is 1.25. The number of rotatable bonds is 21. The van der Waals surface area contributed by atoms with Crippen LogP contribution in [0.3, 0.4) is 0 Å². The first kappa shape index (κ1) is 55.9. The Morgan fingerprint density at radius 3 is 1.53 bits per heavy atom. The number of fused-ring (bicyclic) bond motifs is 2. The first-order valence-corrected chi connectivity index (χ1v) is 28.4. The quantitative estimate of drug-likeness (QED) is 0.0746. The fourth-order valence-electron chi connectivity index (χ4n) is 9.65. The molecule has 402 valence electrons. The standard InChI is InChI=1S/C26H35N5O6S.C25H35N5O5S/c1-4-7-22-21(17-33)18(3)24-26(34)27-25(28-31(22)24)20-16-19(8-9-23(20)37-5-2)38(35,36)30-13-11-29(12-14-30)10-6-15-32;1-4-7-19-16-18(3)23-25(32)26-24(27-30(19)23)21-17-20(8-9-22(21)35-5-2)36(33,34)29-13-11-28(12-14-29)10-6-15-31/h8-9,16-17,32H,4-7,10-15H2,1-3H3,(H,27,28,34);8-9,16-17,31H,4-7,10-15H2,1-3H3,(H,26,27,32). The highest BCUT2D eigenvalue weighted by molar-refractivity contribution is 7.89. The van der Waals surface area contributed by atoms with Crippen LogP contribution >= 0.6 is 0 Å². The molecule has 4 N–H and O–H groups in total. The number of carbonyl (C=O) groups is 1. The minimum absolute atomic E-state index is 0.0774. The number of aryl methyl sites for hydroxylation is 4. The molecule has 23 heteroatoms. The number of hydrogen-bond acceptors (Lipinski definition) is 15. The number of sulfonamides is 2. The Kier molecular flexibility index (Phi) is 18.7. The lowest BCUT2D eigenvalue weighted by molar-refractivity contribution is 0.112. The fraction of sp³-hybridized carbons (Fsp3) is 0.510. The van der Waals surface area contributed by atoms with Crippen LogP contribution in [-0.2, 0) is 32.9 Å². The van der Waals surface area contributed by atoms with Crippen LogP contribution in [0.2, 0.25) is 0 Å². The summed E-state index contributed by atoms with van der Waals surface area (Å²) in [5, 5.41) is 27.5. The highest BCUT2D eigenvalue weighted by Crippen LogP contribution is 2.34. The summed E-state index contributed by atoms with van der Waals surface area (Å²) in [7, 11) is -7.57. The second-order valence-electron chi connectivity index (χ2n) is 18.4. The fourth-order valence-corrected chi connectivity index (χ4v) is 12.5. The topological polar surface area (TPSA) is 258 Å². The Balaban J connectivity index is 0.000000217. The highest BCUT2D eigenvalue weighted by Gasteiger charge is 2.32. The van der Waals surface area contributed by atoms with E-state index in [4.69, 9.17) is 24.8 Å². The normalized spacial score (nSPS) is 15.4. The number of aromatic amines is 2. The lowest BCUT2D eigenvalue weighted by Crippen LogP contribution is -2.48. The van der Waals surface area contributed by atoms with Crippen LogP contribution < -0.4 is 20.6 Å². The molecule has 74 heavy (non-hydrogen) atoms. The van der Waals surface area contributed by atoms with Gasteiger partial charge in [-0.1, -0.05) is 26.7 Å². The zero-order chi connectivity index (χ0) is 53.3. The molecule has 2 aliphatic heterocycles. The zero-order valence-corrected chi connectivity index (χ0v) is 44.9. The van der Waals surface area contributed by atoms with Gasteiger partial charge in [-0.2, -0.15) is 8.61 Å². The largest absolute Gasteiger partial charge is 0.493 e. The molecule has 0 saturated carbocycles. The van der Waals surface area contributed by atoms with Crippen molar-refractivity contribution in [2.24, 2.45) is 0 Å². The molecule has 6 aromatic rings. The molecule has 2 saturated heterocycles. The number of ether oxygens (including phenoxy) is 2. The smallest absolute Gasteiger partial charge is 0.275 e. The van der Waals surface area contributed by atoms with E-state index >= 15 is 0 Å². The molecule has 8 rings (SSSR count). The molecule has 0 aliphatic carbocycles. The Labute approximate surface area is 431 Å². The summed E-state index contributed by atoms with van der Waals surface area (Å²) in [4.78, 5) is 48.1. The second-order valence-corrected chi connectivity index (χ2v) is 22.3.